The highest BCUT2D eigenvalue weighted by atomic mass is 35.5. The Morgan fingerprint density at radius 2 is 2.11 bits per heavy atom. The molecule has 0 radical (unpaired) electrons. The van der Waals surface area contributed by atoms with E-state index in [1.807, 2.05) is 6.07 Å². The molecule has 106 valence electrons. The van der Waals surface area contributed by atoms with E-state index in [4.69, 9.17) is 5.11 Å². The number of thiophene rings is 1. The molecule has 1 aromatic carbocycles. The minimum atomic E-state index is -0.194. The zero-order chi connectivity index (χ0) is 13.1. The van der Waals surface area contributed by atoms with Crippen molar-refractivity contribution in [2.24, 2.45) is 0 Å². The molecule has 0 atom stereocenters. The molecule has 19 heavy (non-hydrogen) atoms. The molecule has 2 nitrogen and oxygen atoms in total. The first-order valence-corrected chi connectivity index (χ1v) is 7.00. The lowest BCUT2D eigenvalue weighted by molar-refractivity contribution is 0.160. The lowest BCUT2D eigenvalue weighted by Gasteiger charge is -2.25. The average Bonchev–Trinajstić information content (AvgIpc) is 2.71. The predicted octanol–water partition coefficient (Wildman–Crippen LogP) is 3.66. The van der Waals surface area contributed by atoms with Crippen molar-refractivity contribution in [3.8, 4) is 0 Å². The Morgan fingerprint density at radius 3 is 2.74 bits per heavy atom. The van der Waals surface area contributed by atoms with Gasteiger partial charge in [0.2, 0.25) is 0 Å². The van der Waals surface area contributed by atoms with Gasteiger partial charge in [-0.05, 0) is 48.4 Å². The summed E-state index contributed by atoms with van der Waals surface area (Å²) < 4.78 is 14.4. The molecule has 1 heterocycles. The quantitative estimate of drug-likeness (QED) is 0.911. The lowest BCUT2D eigenvalue weighted by Crippen LogP contribution is -2.32. The number of aliphatic hydroxyl groups is 1. The van der Waals surface area contributed by atoms with Gasteiger partial charge in [0.1, 0.15) is 5.82 Å². The van der Waals surface area contributed by atoms with Gasteiger partial charge >= 0.3 is 0 Å². The molecule has 2 rings (SSSR count). The normalized spacial score (nSPS) is 11.3. The summed E-state index contributed by atoms with van der Waals surface area (Å²) in [5.41, 5.74) is 1.14. The molecule has 0 aliphatic rings. The molecule has 0 fully saturated rings. The van der Waals surface area contributed by atoms with Gasteiger partial charge in [-0.15, -0.1) is 23.7 Å². The molecule has 0 bridgehead atoms. The maximum absolute atomic E-state index is 13.3. The van der Waals surface area contributed by atoms with E-state index in [1.54, 1.807) is 17.4 Å². The summed E-state index contributed by atoms with van der Waals surface area (Å²) in [7, 11) is 0. The predicted molar refractivity (Wildman–Crippen MR) is 81.7 cm³/mol. The Kier molecular flexibility index (Phi) is 6.20. The van der Waals surface area contributed by atoms with Crippen molar-refractivity contribution < 1.29 is 9.50 Å². The van der Waals surface area contributed by atoms with Gasteiger partial charge in [0.05, 0.1) is 6.61 Å². The van der Waals surface area contributed by atoms with Crippen LogP contribution in [0, 0.1) is 5.82 Å². The number of rotatable bonds is 5. The minimum absolute atomic E-state index is 0. The molecule has 0 saturated heterocycles. The fraction of sp³-hybridized carbons (Fsp3) is 0.429. The number of aliphatic hydroxyl groups excluding tert-OH is 1. The zero-order valence-corrected chi connectivity index (χ0v) is 12.7. The molecule has 0 amide bonds. The monoisotopic (exact) mass is 303 g/mol. The molecule has 0 unspecified atom stereocenters. The summed E-state index contributed by atoms with van der Waals surface area (Å²) in [6.07, 6.45) is 0. The third-order valence-electron chi connectivity index (χ3n) is 3.11. The van der Waals surface area contributed by atoms with Crippen LogP contribution >= 0.6 is 23.7 Å². The van der Waals surface area contributed by atoms with Crippen molar-refractivity contribution in [3.63, 3.8) is 0 Å². The largest absolute Gasteiger partial charge is 0.395 e. The highest BCUT2D eigenvalue weighted by Crippen LogP contribution is 2.28. The van der Waals surface area contributed by atoms with Gasteiger partial charge in [0.25, 0.3) is 0 Å². The fourth-order valence-electron chi connectivity index (χ4n) is 2.04. The second-order valence-electron chi connectivity index (χ2n) is 4.69. The van der Waals surface area contributed by atoms with Crippen LogP contribution in [0.25, 0.3) is 10.1 Å². The number of nitrogens with zero attached hydrogens (tertiary/aromatic N) is 1. The molecule has 1 N–H and O–H groups in total. The van der Waals surface area contributed by atoms with Crippen molar-refractivity contribution >= 4 is 33.8 Å². The molecule has 2 aromatic rings. The second kappa shape index (κ2) is 7.20. The van der Waals surface area contributed by atoms with Gasteiger partial charge in [-0.3, -0.25) is 4.90 Å². The molecule has 1 aromatic heterocycles. The van der Waals surface area contributed by atoms with Crippen molar-refractivity contribution in [3.05, 3.63) is 35.0 Å². The van der Waals surface area contributed by atoms with E-state index in [0.29, 0.717) is 12.6 Å². The van der Waals surface area contributed by atoms with Crippen LogP contribution in [-0.4, -0.2) is 29.2 Å². The van der Waals surface area contributed by atoms with E-state index in [2.05, 4.69) is 24.1 Å². The summed E-state index contributed by atoms with van der Waals surface area (Å²) in [5.74, 6) is -0.194. The van der Waals surface area contributed by atoms with E-state index in [1.165, 1.54) is 6.07 Å². The third kappa shape index (κ3) is 3.89. The average molecular weight is 304 g/mol. The molecule has 5 heteroatoms. The number of benzene rings is 1. The van der Waals surface area contributed by atoms with Crippen molar-refractivity contribution in [2.75, 3.05) is 13.2 Å². The Morgan fingerprint density at radius 1 is 1.37 bits per heavy atom. The Balaban J connectivity index is 0.00000180. The van der Waals surface area contributed by atoms with E-state index in [-0.39, 0.29) is 24.8 Å². The molecular weight excluding hydrogens is 285 g/mol. The SMILES string of the molecule is CC(C)N(CCO)Cc1csc2ccc(F)cc12.Cl. The van der Waals surface area contributed by atoms with E-state index >= 15 is 0 Å². The van der Waals surface area contributed by atoms with E-state index < -0.39 is 0 Å². The first kappa shape index (κ1) is 16.4. The summed E-state index contributed by atoms with van der Waals surface area (Å²) in [6, 6.07) is 5.28. The molecular formula is C14H19ClFNOS. The van der Waals surface area contributed by atoms with Gasteiger partial charge in [-0.1, -0.05) is 0 Å². The fourth-order valence-corrected chi connectivity index (χ4v) is 2.98. The summed E-state index contributed by atoms with van der Waals surface area (Å²) in [6.45, 7) is 5.75. The summed E-state index contributed by atoms with van der Waals surface area (Å²) in [4.78, 5) is 2.19. The first-order valence-electron chi connectivity index (χ1n) is 6.12. The van der Waals surface area contributed by atoms with Crippen LogP contribution < -0.4 is 0 Å². The molecule has 0 saturated carbocycles. The maximum atomic E-state index is 13.3. The van der Waals surface area contributed by atoms with Crippen LogP contribution in [0.15, 0.2) is 23.6 Å². The van der Waals surface area contributed by atoms with Crippen molar-refractivity contribution in [1.82, 2.24) is 4.90 Å². The van der Waals surface area contributed by atoms with Crippen molar-refractivity contribution in [2.45, 2.75) is 26.4 Å². The van der Waals surface area contributed by atoms with Crippen LogP contribution in [0.2, 0.25) is 0 Å². The molecule has 0 aliphatic carbocycles. The van der Waals surface area contributed by atoms with E-state index in [9.17, 15) is 4.39 Å². The van der Waals surface area contributed by atoms with Crippen LogP contribution in [0.1, 0.15) is 19.4 Å². The number of hydrogen-bond acceptors (Lipinski definition) is 3. The highest BCUT2D eigenvalue weighted by Gasteiger charge is 2.12. The molecule has 0 aliphatic heterocycles. The second-order valence-corrected chi connectivity index (χ2v) is 5.60. The number of hydrogen-bond donors (Lipinski definition) is 1. The Hall–Kier alpha value is -0.680. The van der Waals surface area contributed by atoms with Gasteiger partial charge in [-0.25, -0.2) is 4.39 Å². The maximum Gasteiger partial charge on any atom is 0.123 e. The van der Waals surface area contributed by atoms with Crippen LogP contribution in [-0.2, 0) is 6.54 Å². The highest BCUT2D eigenvalue weighted by molar-refractivity contribution is 7.17. The van der Waals surface area contributed by atoms with E-state index in [0.717, 1.165) is 22.2 Å². The minimum Gasteiger partial charge on any atom is -0.395 e. The van der Waals surface area contributed by atoms with Gasteiger partial charge in [-0.2, -0.15) is 0 Å². The third-order valence-corrected chi connectivity index (χ3v) is 4.12. The smallest absolute Gasteiger partial charge is 0.123 e. The van der Waals surface area contributed by atoms with Crippen LogP contribution in [0.3, 0.4) is 0 Å². The summed E-state index contributed by atoms with van der Waals surface area (Å²) >= 11 is 1.64. The first-order chi connectivity index (χ1) is 8.61. The van der Waals surface area contributed by atoms with Crippen LogP contribution in [0.4, 0.5) is 4.39 Å². The topological polar surface area (TPSA) is 23.5 Å². The lowest BCUT2D eigenvalue weighted by atomic mass is 10.1. The zero-order valence-electron chi connectivity index (χ0n) is 11.1. The Labute approximate surface area is 123 Å². The summed E-state index contributed by atoms with van der Waals surface area (Å²) in [5, 5.41) is 12.1. The van der Waals surface area contributed by atoms with Crippen LogP contribution in [0.5, 0.6) is 0 Å². The standard InChI is InChI=1S/C14H18FNOS.ClH/c1-10(2)16(5-6-17)8-11-9-18-14-4-3-12(15)7-13(11)14;/h3-4,7,9-10,17H,5-6,8H2,1-2H3;1H. The van der Waals surface area contributed by atoms with Gasteiger partial charge in [0, 0.05) is 23.8 Å². The van der Waals surface area contributed by atoms with Crippen molar-refractivity contribution in [1.29, 1.82) is 0 Å². The Bertz CT molecular complexity index is 529. The number of halogens is 2. The molecule has 0 spiro atoms. The number of fused-ring (bicyclic) bond motifs is 1. The van der Waals surface area contributed by atoms with Gasteiger partial charge in [0.15, 0.2) is 0 Å². The van der Waals surface area contributed by atoms with Gasteiger partial charge < -0.3 is 5.11 Å².